The molecule has 0 spiro atoms. The van der Waals surface area contributed by atoms with Crippen LogP contribution < -0.4 is 0 Å². The maximum Gasteiger partial charge on any atom is 0.0991 e. The number of fused-ring (bicyclic) bond motifs is 1. The van der Waals surface area contributed by atoms with Crippen LogP contribution in [0.2, 0.25) is 0 Å². The molecule has 0 radical (unpaired) electrons. The summed E-state index contributed by atoms with van der Waals surface area (Å²) in [6, 6.07) is 62.5. The molecular formula is C45H29N3. The van der Waals surface area contributed by atoms with Gasteiger partial charge in [-0.1, -0.05) is 164 Å². The van der Waals surface area contributed by atoms with Gasteiger partial charge >= 0.3 is 0 Å². The minimum Gasteiger partial charge on any atom is -0.243 e. The Hall–Kier alpha value is -6.63. The van der Waals surface area contributed by atoms with Gasteiger partial charge in [-0.25, -0.2) is 9.97 Å². The highest BCUT2D eigenvalue weighted by atomic mass is 14.9. The van der Waals surface area contributed by atoms with E-state index in [1.54, 1.807) is 0 Å². The molecule has 1 aromatic heterocycles. The highest BCUT2D eigenvalue weighted by Crippen LogP contribution is 2.39. The number of benzene rings is 7. The molecule has 0 aliphatic carbocycles. The van der Waals surface area contributed by atoms with Gasteiger partial charge in [0.1, 0.15) is 0 Å². The Labute approximate surface area is 280 Å². The van der Waals surface area contributed by atoms with Crippen LogP contribution in [0.15, 0.2) is 176 Å². The van der Waals surface area contributed by atoms with E-state index >= 15 is 0 Å². The third-order valence-corrected chi connectivity index (χ3v) is 8.76. The van der Waals surface area contributed by atoms with E-state index < -0.39 is 0 Å². The third kappa shape index (κ3) is 5.42. The van der Waals surface area contributed by atoms with Gasteiger partial charge in [0.15, 0.2) is 0 Å². The SMILES string of the molecule is N#Cc1ccc(-c2ccc(-c3ccc(-c4nc(-c5ccccc5)c(-c5ccccc5)nc4-c4ccccc4)cc3)c3ccccc23)cc1. The predicted molar refractivity (Wildman–Crippen MR) is 197 cm³/mol. The molecule has 0 atom stereocenters. The summed E-state index contributed by atoms with van der Waals surface area (Å²) in [5.74, 6) is 0. The highest BCUT2D eigenvalue weighted by molar-refractivity contribution is 6.05. The maximum atomic E-state index is 9.27. The Morgan fingerprint density at radius 2 is 0.625 bits per heavy atom. The molecule has 0 amide bonds. The normalized spacial score (nSPS) is 10.9. The van der Waals surface area contributed by atoms with E-state index in [1.165, 1.54) is 10.8 Å². The Morgan fingerprint density at radius 1 is 0.312 bits per heavy atom. The average Bonchev–Trinajstić information content (AvgIpc) is 3.18. The van der Waals surface area contributed by atoms with Gasteiger partial charge in [0.2, 0.25) is 0 Å². The summed E-state index contributed by atoms with van der Waals surface area (Å²) in [5, 5.41) is 11.6. The summed E-state index contributed by atoms with van der Waals surface area (Å²) in [5.41, 5.74) is 12.6. The first-order valence-corrected chi connectivity index (χ1v) is 16.0. The van der Waals surface area contributed by atoms with Crippen molar-refractivity contribution in [2.45, 2.75) is 0 Å². The summed E-state index contributed by atoms with van der Waals surface area (Å²) in [4.78, 5) is 10.7. The van der Waals surface area contributed by atoms with E-state index in [2.05, 4.69) is 103 Å². The van der Waals surface area contributed by atoms with Gasteiger partial charge in [-0.2, -0.15) is 5.26 Å². The van der Waals surface area contributed by atoms with Crippen molar-refractivity contribution in [1.82, 2.24) is 9.97 Å². The first kappa shape index (κ1) is 28.8. The van der Waals surface area contributed by atoms with Crippen LogP contribution in [0.3, 0.4) is 0 Å². The molecular weight excluding hydrogens is 583 g/mol. The molecule has 3 heteroatoms. The number of hydrogen-bond acceptors (Lipinski definition) is 3. The van der Waals surface area contributed by atoms with E-state index in [0.717, 1.165) is 67.3 Å². The van der Waals surface area contributed by atoms with Gasteiger partial charge in [0.25, 0.3) is 0 Å². The lowest BCUT2D eigenvalue weighted by atomic mass is 9.91. The standard InChI is InChI=1S/C45H29N3/c46-30-31-20-22-32(23-21-31)38-28-29-39(41-19-11-10-18-40(38)41)33-24-26-37(27-25-33)45-44(36-16-8-3-9-17-36)47-42(34-12-4-1-5-13-34)43(48-45)35-14-6-2-7-15-35/h1-29H. The second-order valence-corrected chi connectivity index (χ2v) is 11.7. The summed E-state index contributed by atoms with van der Waals surface area (Å²) in [7, 11) is 0. The summed E-state index contributed by atoms with van der Waals surface area (Å²) in [6.45, 7) is 0. The van der Waals surface area contributed by atoms with Crippen LogP contribution in [0.4, 0.5) is 0 Å². The molecule has 0 aliphatic heterocycles. The lowest BCUT2D eigenvalue weighted by Crippen LogP contribution is -2.00. The molecule has 0 N–H and O–H groups in total. The van der Waals surface area contributed by atoms with Crippen molar-refractivity contribution in [3.8, 4) is 73.4 Å². The fraction of sp³-hybridized carbons (Fsp3) is 0. The van der Waals surface area contributed by atoms with E-state index in [1.807, 2.05) is 78.9 Å². The first-order chi connectivity index (χ1) is 23.8. The van der Waals surface area contributed by atoms with Gasteiger partial charge in [0.05, 0.1) is 34.4 Å². The van der Waals surface area contributed by atoms with Crippen molar-refractivity contribution in [2.75, 3.05) is 0 Å². The Balaban J connectivity index is 1.27. The number of nitrogens with zero attached hydrogens (tertiary/aromatic N) is 3. The van der Waals surface area contributed by atoms with E-state index in [-0.39, 0.29) is 0 Å². The van der Waals surface area contributed by atoms with Gasteiger partial charge < -0.3 is 0 Å². The molecule has 0 saturated carbocycles. The van der Waals surface area contributed by atoms with Crippen molar-refractivity contribution in [1.29, 1.82) is 5.26 Å². The minimum absolute atomic E-state index is 0.658. The number of aromatic nitrogens is 2. The molecule has 0 unspecified atom stereocenters. The predicted octanol–water partition coefficient (Wildman–Crippen LogP) is 11.5. The fourth-order valence-electron chi connectivity index (χ4n) is 6.36. The zero-order valence-electron chi connectivity index (χ0n) is 26.1. The molecule has 7 aromatic carbocycles. The van der Waals surface area contributed by atoms with Crippen molar-refractivity contribution < 1.29 is 0 Å². The molecule has 0 aliphatic rings. The Bertz CT molecular complexity index is 2410. The summed E-state index contributed by atoms with van der Waals surface area (Å²) >= 11 is 0. The van der Waals surface area contributed by atoms with Crippen molar-refractivity contribution >= 4 is 10.8 Å². The van der Waals surface area contributed by atoms with Gasteiger partial charge in [-0.3, -0.25) is 0 Å². The molecule has 1 heterocycles. The van der Waals surface area contributed by atoms with Crippen LogP contribution in [0, 0.1) is 11.3 Å². The maximum absolute atomic E-state index is 9.27. The van der Waals surface area contributed by atoms with E-state index in [9.17, 15) is 5.26 Å². The van der Waals surface area contributed by atoms with E-state index in [0.29, 0.717) is 5.56 Å². The molecule has 0 bridgehead atoms. The topological polar surface area (TPSA) is 49.6 Å². The molecule has 8 rings (SSSR count). The molecule has 224 valence electrons. The average molecular weight is 612 g/mol. The lowest BCUT2D eigenvalue weighted by Gasteiger charge is -2.16. The van der Waals surface area contributed by atoms with Crippen LogP contribution in [0.5, 0.6) is 0 Å². The van der Waals surface area contributed by atoms with Crippen LogP contribution in [0.1, 0.15) is 5.56 Å². The number of nitriles is 1. The van der Waals surface area contributed by atoms with Gasteiger partial charge in [-0.15, -0.1) is 0 Å². The van der Waals surface area contributed by atoms with E-state index in [4.69, 9.17) is 9.97 Å². The fourth-order valence-corrected chi connectivity index (χ4v) is 6.36. The molecule has 8 aromatic rings. The summed E-state index contributed by atoms with van der Waals surface area (Å²) in [6.07, 6.45) is 0. The Morgan fingerprint density at radius 3 is 1.00 bits per heavy atom. The van der Waals surface area contributed by atoms with Crippen LogP contribution in [-0.4, -0.2) is 9.97 Å². The second-order valence-electron chi connectivity index (χ2n) is 11.7. The Kier molecular flexibility index (Phi) is 7.59. The molecule has 48 heavy (non-hydrogen) atoms. The van der Waals surface area contributed by atoms with Crippen LogP contribution in [0.25, 0.3) is 78.1 Å². The smallest absolute Gasteiger partial charge is 0.0991 e. The highest BCUT2D eigenvalue weighted by Gasteiger charge is 2.19. The van der Waals surface area contributed by atoms with Crippen molar-refractivity contribution in [2.24, 2.45) is 0 Å². The van der Waals surface area contributed by atoms with Crippen LogP contribution in [-0.2, 0) is 0 Å². The quantitative estimate of drug-likeness (QED) is 0.188. The lowest BCUT2D eigenvalue weighted by molar-refractivity contribution is 1.21. The van der Waals surface area contributed by atoms with Crippen LogP contribution >= 0.6 is 0 Å². The van der Waals surface area contributed by atoms with Crippen molar-refractivity contribution in [3.05, 3.63) is 181 Å². The molecule has 0 fully saturated rings. The van der Waals surface area contributed by atoms with Gasteiger partial charge in [0, 0.05) is 22.3 Å². The monoisotopic (exact) mass is 611 g/mol. The van der Waals surface area contributed by atoms with Crippen molar-refractivity contribution in [3.63, 3.8) is 0 Å². The number of rotatable bonds is 6. The number of hydrogen-bond donors (Lipinski definition) is 0. The summed E-state index contributed by atoms with van der Waals surface area (Å²) < 4.78 is 0. The zero-order valence-corrected chi connectivity index (χ0v) is 26.1. The molecule has 3 nitrogen and oxygen atoms in total. The van der Waals surface area contributed by atoms with Gasteiger partial charge in [-0.05, 0) is 45.2 Å². The zero-order chi connectivity index (χ0) is 32.3. The third-order valence-electron chi connectivity index (χ3n) is 8.76. The largest absolute Gasteiger partial charge is 0.243 e. The minimum atomic E-state index is 0.658. The second kappa shape index (κ2) is 12.6. The first-order valence-electron chi connectivity index (χ1n) is 16.0. The molecule has 0 saturated heterocycles.